The molecule has 0 saturated heterocycles. The van der Waals surface area contributed by atoms with Gasteiger partial charge in [0.25, 0.3) is 0 Å². The van der Waals surface area contributed by atoms with E-state index in [1.807, 2.05) is 0 Å². The highest BCUT2D eigenvalue weighted by atomic mass is 16.4. The molecule has 4 N–H and O–H groups in total. The molecule has 1 amide bonds. The molecule has 0 aromatic rings. The molecule has 98 valence electrons. The van der Waals surface area contributed by atoms with E-state index in [1.165, 1.54) is 19.3 Å². The molecule has 5 heteroatoms. The summed E-state index contributed by atoms with van der Waals surface area (Å²) >= 11 is 0. The molecular formula is C12H23N3O2. The number of nitrogens with two attached hydrogens (primary N) is 1. The number of amides is 1. The third kappa shape index (κ3) is 4.63. The number of amidine groups is 1. The third-order valence-corrected chi connectivity index (χ3v) is 3.39. The second-order valence-corrected chi connectivity index (χ2v) is 4.80. The molecule has 0 aromatic heterocycles. The fourth-order valence-electron chi connectivity index (χ4n) is 2.21. The number of carbonyl (C=O) groups is 1. The quantitative estimate of drug-likeness (QED) is 0.303. The van der Waals surface area contributed by atoms with Gasteiger partial charge in [0.2, 0.25) is 5.91 Å². The van der Waals surface area contributed by atoms with Crippen LogP contribution in [-0.2, 0) is 4.79 Å². The number of nitrogens with zero attached hydrogens (tertiary/aromatic N) is 1. The Labute approximate surface area is 102 Å². The van der Waals surface area contributed by atoms with E-state index >= 15 is 0 Å². The van der Waals surface area contributed by atoms with Crippen molar-refractivity contribution in [1.82, 2.24) is 5.32 Å². The average molecular weight is 241 g/mol. The highest BCUT2D eigenvalue weighted by molar-refractivity contribution is 5.90. The Morgan fingerprint density at radius 2 is 1.82 bits per heavy atom. The van der Waals surface area contributed by atoms with Crippen molar-refractivity contribution in [3.8, 4) is 0 Å². The highest BCUT2D eigenvalue weighted by Crippen LogP contribution is 2.22. The fraction of sp³-hybridized carbons (Fsp3) is 0.833. The van der Waals surface area contributed by atoms with Crippen molar-refractivity contribution in [2.75, 3.05) is 0 Å². The molecule has 1 atom stereocenters. The van der Waals surface area contributed by atoms with Gasteiger partial charge in [-0.1, -0.05) is 37.3 Å². The molecule has 0 aliphatic heterocycles. The van der Waals surface area contributed by atoms with Crippen LogP contribution in [0.15, 0.2) is 5.16 Å². The number of hydrogen-bond acceptors (Lipinski definition) is 3. The van der Waals surface area contributed by atoms with E-state index in [-0.39, 0.29) is 17.7 Å². The molecular weight excluding hydrogens is 218 g/mol. The highest BCUT2D eigenvalue weighted by Gasteiger charge is 2.21. The molecule has 5 nitrogen and oxygen atoms in total. The smallest absolute Gasteiger partial charge is 0.223 e. The fourth-order valence-corrected chi connectivity index (χ4v) is 2.21. The van der Waals surface area contributed by atoms with Crippen LogP contribution < -0.4 is 11.1 Å². The number of rotatable bonds is 3. The lowest BCUT2D eigenvalue weighted by Crippen LogP contribution is -2.45. The van der Waals surface area contributed by atoms with Gasteiger partial charge in [0.15, 0.2) is 5.84 Å². The predicted molar refractivity (Wildman–Crippen MR) is 66.8 cm³/mol. The summed E-state index contributed by atoms with van der Waals surface area (Å²) in [7, 11) is 0. The van der Waals surface area contributed by atoms with Gasteiger partial charge in [-0.2, -0.15) is 0 Å². The lowest BCUT2D eigenvalue weighted by atomic mass is 9.90. The van der Waals surface area contributed by atoms with E-state index in [0.717, 1.165) is 25.7 Å². The normalized spacial score (nSPS) is 21.4. The molecule has 1 aliphatic rings. The van der Waals surface area contributed by atoms with Crippen molar-refractivity contribution < 1.29 is 10.0 Å². The van der Waals surface area contributed by atoms with E-state index in [9.17, 15) is 4.79 Å². The topological polar surface area (TPSA) is 87.7 Å². The number of oxime groups is 1. The summed E-state index contributed by atoms with van der Waals surface area (Å²) in [4.78, 5) is 12.0. The number of carbonyl (C=O) groups excluding carboxylic acids is 1. The SMILES string of the molecule is CC(NC(=O)C1CCCCCCC1)C(N)=NO. The van der Waals surface area contributed by atoms with Gasteiger partial charge in [-0.15, -0.1) is 0 Å². The van der Waals surface area contributed by atoms with Crippen LogP contribution in [0.3, 0.4) is 0 Å². The first-order valence-electron chi connectivity index (χ1n) is 6.43. The Balaban J connectivity index is 2.44. The van der Waals surface area contributed by atoms with Crippen LogP contribution in [0, 0.1) is 5.92 Å². The average Bonchev–Trinajstić information content (AvgIpc) is 2.27. The van der Waals surface area contributed by atoms with Crippen LogP contribution in [-0.4, -0.2) is 23.0 Å². The first-order chi connectivity index (χ1) is 8.15. The Kier molecular flexibility index (Phi) is 5.80. The second kappa shape index (κ2) is 7.14. The standard InChI is InChI=1S/C12H23N3O2/c1-9(11(13)15-17)14-12(16)10-7-5-3-2-4-6-8-10/h9-10,17H,2-8H2,1H3,(H2,13,15)(H,14,16). The lowest BCUT2D eigenvalue weighted by molar-refractivity contribution is -0.125. The summed E-state index contributed by atoms with van der Waals surface area (Å²) in [5.74, 6) is 0.166. The van der Waals surface area contributed by atoms with Crippen LogP contribution in [0.25, 0.3) is 0 Å². The Morgan fingerprint density at radius 3 is 2.35 bits per heavy atom. The van der Waals surface area contributed by atoms with E-state index in [1.54, 1.807) is 6.92 Å². The molecule has 0 spiro atoms. The minimum atomic E-state index is -0.405. The molecule has 0 aromatic carbocycles. The minimum Gasteiger partial charge on any atom is -0.409 e. The van der Waals surface area contributed by atoms with Crippen LogP contribution in [0.4, 0.5) is 0 Å². The Hall–Kier alpha value is -1.26. The summed E-state index contributed by atoms with van der Waals surface area (Å²) in [6.45, 7) is 1.72. The molecule has 1 rings (SSSR count). The summed E-state index contributed by atoms with van der Waals surface area (Å²) in [5, 5.41) is 14.2. The second-order valence-electron chi connectivity index (χ2n) is 4.80. The first kappa shape index (κ1) is 13.8. The summed E-state index contributed by atoms with van der Waals surface area (Å²) in [6.07, 6.45) is 7.88. The minimum absolute atomic E-state index is 0.0333. The maximum Gasteiger partial charge on any atom is 0.223 e. The van der Waals surface area contributed by atoms with Crippen LogP contribution in [0.2, 0.25) is 0 Å². The Morgan fingerprint density at radius 1 is 1.29 bits per heavy atom. The van der Waals surface area contributed by atoms with Crippen LogP contribution in [0.5, 0.6) is 0 Å². The van der Waals surface area contributed by atoms with Gasteiger partial charge in [-0.25, -0.2) is 0 Å². The van der Waals surface area contributed by atoms with Crippen molar-refractivity contribution in [3.05, 3.63) is 0 Å². The molecule has 17 heavy (non-hydrogen) atoms. The van der Waals surface area contributed by atoms with E-state index < -0.39 is 6.04 Å². The summed E-state index contributed by atoms with van der Waals surface area (Å²) < 4.78 is 0. The van der Waals surface area contributed by atoms with Gasteiger partial charge in [-0.3, -0.25) is 4.79 Å². The summed E-state index contributed by atoms with van der Waals surface area (Å²) in [6, 6.07) is -0.405. The van der Waals surface area contributed by atoms with Crippen molar-refractivity contribution in [1.29, 1.82) is 0 Å². The molecule has 1 unspecified atom stereocenters. The van der Waals surface area contributed by atoms with E-state index in [2.05, 4.69) is 10.5 Å². The molecule has 1 fully saturated rings. The van der Waals surface area contributed by atoms with Crippen molar-refractivity contribution >= 4 is 11.7 Å². The Bertz CT molecular complexity index is 271. The van der Waals surface area contributed by atoms with Crippen LogP contribution in [0.1, 0.15) is 51.9 Å². The zero-order chi connectivity index (χ0) is 12.7. The predicted octanol–water partition coefficient (Wildman–Crippen LogP) is 1.60. The zero-order valence-corrected chi connectivity index (χ0v) is 10.5. The molecule has 1 saturated carbocycles. The largest absolute Gasteiger partial charge is 0.409 e. The summed E-state index contributed by atoms with van der Waals surface area (Å²) in [5.41, 5.74) is 5.44. The maximum absolute atomic E-state index is 12.0. The lowest BCUT2D eigenvalue weighted by Gasteiger charge is -2.21. The van der Waals surface area contributed by atoms with E-state index in [4.69, 9.17) is 10.9 Å². The zero-order valence-electron chi connectivity index (χ0n) is 10.5. The first-order valence-corrected chi connectivity index (χ1v) is 6.43. The van der Waals surface area contributed by atoms with Gasteiger partial charge < -0.3 is 16.3 Å². The van der Waals surface area contributed by atoms with Gasteiger partial charge >= 0.3 is 0 Å². The molecule has 1 aliphatic carbocycles. The van der Waals surface area contributed by atoms with Crippen LogP contribution >= 0.6 is 0 Å². The van der Waals surface area contributed by atoms with Crippen molar-refractivity contribution in [3.63, 3.8) is 0 Å². The van der Waals surface area contributed by atoms with E-state index in [0.29, 0.717) is 0 Å². The monoisotopic (exact) mass is 241 g/mol. The van der Waals surface area contributed by atoms with Gasteiger partial charge in [0.1, 0.15) is 0 Å². The van der Waals surface area contributed by atoms with Gasteiger partial charge in [0.05, 0.1) is 6.04 Å². The molecule has 0 radical (unpaired) electrons. The molecule has 0 bridgehead atoms. The van der Waals surface area contributed by atoms with Crippen molar-refractivity contribution in [2.24, 2.45) is 16.8 Å². The van der Waals surface area contributed by atoms with Gasteiger partial charge in [0, 0.05) is 5.92 Å². The maximum atomic E-state index is 12.0. The third-order valence-electron chi connectivity index (χ3n) is 3.39. The number of nitrogens with one attached hydrogen (secondary N) is 1. The van der Waals surface area contributed by atoms with Gasteiger partial charge in [-0.05, 0) is 19.8 Å². The molecule has 0 heterocycles. The number of hydrogen-bond donors (Lipinski definition) is 3. The van der Waals surface area contributed by atoms with Crippen molar-refractivity contribution in [2.45, 2.75) is 57.9 Å².